The number of halogens is 1. The summed E-state index contributed by atoms with van der Waals surface area (Å²) in [5.41, 5.74) is 11.3. The Kier molecular flexibility index (Phi) is 5.33. The monoisotopic (exact) mass is 437 g/mol. The number of benzene rings is 1. The van der Waals surface area contributed by atoms with Crippen LogP contribution in [0.2, 0.25) is 0 Å². The molecule has 0 bridgehead atoms. The lowest BCUT2D eigenvalue weighted by atomic mass is 9.49. The molecular weight excluding hydrogens is 401 g/mol. The molecule has 2 aromatic rings. The van der Waals surface area contributed by atoms with Crippen LogP contribution in [0.5, 0.6) is 0 Å². The van der Waals surface area contributed by atoms with E-state index in [-0.39, 0.29) is 29.2 Å². The summed E-state index contributed by atoms with van der Waals surface area (Å²) in [6.07, 6.45) is 8.30. The SMILES string of the molecule is C=C1CC[C@H]2[C@H](CN)[C@@H]([C@@]3(C)Cc4cnn(-c5ccc(F)cc5)c4C[C@@H]3CO)CC[C@]12C. The molecule has 3 aliphatic carbocycles. The van der Waals surface area contributed by atoms with Crippen molar-refractivity contribution in [3.05, 3.63) is 59.7 Å². The van der Waals surface area contributed by atoms with E-state index in [0.29, 0.717) is 24.3 Å². The van der Waals surface area contributed by atoms with Gasteiger partial charge in [0.25, 0.3) is 0 Å². The number of hydrogen-bond acceptors (Lipinski definition) is 3. The van der Waals surface area contributed by atoms with Crippen LogP contribution < -0.4 is 5.73 Å². The van der Waals surface area contributed by atoms with E-state index in [0.717, 1.165) is 37.1 Å². The summed E-state index contributed by atoms with van der Waals surface area (Å²) in [4.78, 5) is 0. The zero-order valence-electron chi connectivity index (χ0n) is 19.4. The molecule has 0 aliphatic heterocycles. The number of aliphatic hydroxyl groups is 1. The fourth-order valence-corrected chi connectivity index (χ4v) is 7.65. The lowest BCUT2D eigenvalue weighted by Gasteiger charge is -2.55. The fraction of sp³-hybridized carbons (Fsp3) is 0.593. The summed E-state index contributed by atoms with van der Waals surface area (Å²) in [6, 6.07) is 6.48. The van der Waals surface area contributed by atoms with E-state index in [1.807, 2.05) is 10.9 Å². The first kappa shape index (κ1) is 21.8. The normalized spacial score (nSPS) is 36.7. The Bertz CT molecular complexity index is 1010. The minimum Gasteiger partial charge on any atom is -0.396 e. The van der Waals surface area contributed by atoms with Crippen molar-refractivity contribution in [1.29, 1.82) is 0 Å². The molecule has 0 unspecified atom stereocenters. The predicted octanol–water partition coefficient (Wildman–Crippen LogP) is 4.68. The van der Waals surface area contributed by atoms with Crippen molar-refractivity contribution in [2.75, 3.05) is 13.2 Å². The number of nitrogens with two attached hydrogens (primary N) is 1. The highest BCUT2D eigenvalue weighted by molar-refractivity contribution is 5.37. The van der Waals surface area contributed by atoms with Gasteiger partial charge in [0.1, 0.15) is 5.82 Å². The van der Waals surface area contributed by atoms with Crippen molar-refractivity contribution in [1.82, 2.24) is 9.78 Å². The maximum atomic E-state index is 13.4. The standard InChI is InChI=1S/C27H36FN3O/c1-17-4-9-23-22(14-29)24(10-11-26(17,23)2)27(3)13-18-15-30-31(25(18)12-19(27)16-32)21-7-5-20(28)6-8-21/h5-8,15,19,22-24,32H,1,4,9-14,16,29H2,2-3H3/t19-,22+,23+,24+,26-,27+/m1/s1. The van der Waals surface area contributed by atoms with Crippen LogP contribution in [0.3, 0.4) is 0 Å². The Morgan fingerprint density at radius 1 is 1.22 bits per heavy atom. The summed E-state index contributed by atoms with van der Waals surface area (Å²) in [7, 11) is 0. The highest BCUT2D eigenvalue weighted by atomic mass is 19.1. The van der Waals surface area contributed by atoms with E-state index in [1.165, 1.54) is 36.1 Å². The first-order valence-electron chi connectivity index (χ1n) is 12.1. The molecule has 2 saturated carbocycles. The van der Waals surface area contributed by atoms with Gasteiger partial charge in [-0.15, -0.1) is 0 Å². The third-order valence-corrected chi connectivity index (χ3v) is 9.70. The second-order valence-corrected chi connectivity index (χ2v) is 11.0. The van der Waals surface area contributed by atoms with Crippen LogP contribution in [0.1, 0.15) is 50.8 Å². The molecule has 2 fully saturated rings. The molecule has 1 aromatic carbocycles. The molecule has 0 saturated heterocycles. The molecule has 32 heavy (non-hydrogen) atoms. The Hall–Kier alpha value is -1.98. The maximum Gasteiger partial charge on any atom is 0.123 e. The lowest BCUT2D eigenvalue weighted by Crippen LogP contribution is -2.53. The molecule has 6 atom stereocenters. The molecule has 172 valence electrons. The van der Waals surface area contributed by atoms with Crippen LogP contribution >= 0.6 is 0 Å². The molecule has 5 rings (SSSR count). The highest BCUT2D eigenvalue weighted by Crippen LogP contribution is 2.62. The minimum atomic E-state index is -0.248. The van der Waals surface area contributed by atoms with Crippen LogP contribution in [-0.4, -0.2) is 28.0 Å². The van der Waals surface area contributed by atoms with Crippen molar-refractivity contribution >= 4 is 0 Å². The molecule has 4 nitrogen and oxygen atoms in total. The molecule has 0 amide bonds. The molecule has 0 radical (unpaired) electrons. The van der Waals surface area contributed by atoms with E-state index < -0.39 is 0 Å². The Morgan fingerprint density at radius 3 is 2.66 bits per heavy atom. The van der Waals surface area contributed by atoms with Gasteiger partial charge in [0.2, 0.25) is 0 Å². The first-order valence-corrected chi connectivity index (χ1v) is 12.1. The number of rotatable bonds is 4. The average Bonchev–Trinajstić information content (AvgIpc) is 3.32. The van der Waals surface area contributed by atoms with E-state index in [1.54, 1.807) is 12.1 Å². The zero-order valence-corrected chi connectivity index (χ0v) is 19.4. The van der Waals surface area contributed by atoms with Gasteiger partial charge in [-0.2, -0.15) is 5.10 Å². The van der Waals surface area contributed by atoms with Gasteiger partial charge < -0.3 is 10.8 Å². The second-order valence-electron chi connectivity index (χ2n) is 11.0. The van der Waals surface area contributed by atoms with Crippen molar-refractivity contribution in [3.63, 3.8) is 0 Å². The summed E-state index contributed by atoms with van der Waals surface area (Å²) in [5, 5.41) is 15.2. The zero-order chi connectivity index (χ0) is 22.7. The van der Waals surface area contributed by atoms with Crippen LogP contribution in [0.4, 0.5) is 4.39 Å². The average molecular weight is 438 g/mol. The van der Waals surface area contributed by atoms with Crippen LogP contribution in [-0.2, 0) is 12.8 Å². The summed E-state index contributed by atoms with van der Waals surface area (Å²) in [5.74, 6) is 1.44. The highest BCUT2D eigenvalue weighted by Gasteiger charge is 2.56. The summed E-state index contributed by atoms with van der Waals surface area (Å²) >= 11 is 0. The van der Waals surface area contributed by atoms with E-state index in [2.05, 4.69) is 25.5 Å². The van der Waals surface area contributed by atoms with Crippen molar-refractivity contribution in [3.8, 4) is 5.69 Å². The molecule has 1 heterocycles. The molecule has 3 N–H and O–H groups in total. The summed E-state index contributed by atoms with van der Waals surface area (Å²) < 4.78 is 15.4. The van der Waals surface area contributed by atoms with Gasteiger partial charge in [-0.05, 0) is 109 Å². The predicted molar refractivity (Wildman–Crippen MR) is 125 cm³/mol. The van der Waals surface area contributed by atoms with E-state index in [4.69, 9.17) is 5.73 Å². The van der Waals surface area contributed by atoms with Gasteiger partial charge in [0.15, 0.2) is 0 Å². The van der Waals surface area contributed by atoms with Crippen LogP contribution in [0.15, 0.2) is 42.6 Å². The van der Waals surface area contributed by atoms with Gasteiger partial charge in [-0.25, -0.2) is 9.07 Å². The number of allylic oxidation sites excluding steroid dienone is 1. The minimum absolute atomic E-state index is 0.0201. The van der Waals surface area contributed by atoms with Gasteiger partial charge in [0, 0.05) is 12.3 Å². The molecule has 0 spiro atoms. The van der Waals surface area contributed by atoms with Crippen LogP contribution in [0.25, 0.3) is 5.69 Å². The Morgan fingerprint density at radius 2 is 1.97 bits per heavy atom. The molecule has 3 aliphatic rings. The molecule has 1 aromatic heterocycles. The second kappa shape index (κ2) is 7.81. The number of hydrogen-bond donors (Lipinski definition) is 2. The Balaban J connectivity index is 1.49. The van der Waals surface area contributed by atoms with E-state index in [9.17, 15) is 9.50 Å². The van der Waals surface area contributed by atoms with Crippen molar-refractivity contribution < 1.29 is 9.50 Å². The lowest BCUT2D eigenvalue weighted by molar-refractivity contribution is -0.0537. The third-order valence-electron chi connectivity index (χ3n) is 9.70. The maximum absolute atomic E-state index is 13.4. The smallest absolute Gasteiger partial charge is 0.123 e. The van der Waals surface area contributed by atoms with Gasteiger partial charge >= 0.3 is 0 Å². The van der Waals surface area contributed by atoms with Gasteiger partial charge in [-0.3, -0.25) is 0 Å². The van der Waals surface area contributed by atoms with Gasteiger partial charge in [-0.1, -0.05) is 26.0 Å². The quantitative estimate of drug-likeness (QED) is 0.683. The largest absolute Gasteiger partial charge is 0.396 e. The van der Waals surface area contributed by atoms with Crippen molar-refractivity contribution in [2.24, 2.45) is 40.2 Å². The first-order chi connectivity index (χ1) is 15.3. The van der Waals surface area contributed by atoms with Crippen LogP contribution in [0, 0.1) is 40.3 Å². The number of aromatic nitrogens is 2. The molecular formula is C27H36FN3O. The topological polar surface area (TPSA) is 64.1 Å². The van der Waals surface area contributed by atoms with Gasteiger partial charge in [0.05, 0.1) is 11.9 Å². The summed E-state index contributed by atoms with van der Waals surface area (Å²) in [6.45, 7) is 10.1. The molecule has 5 heteroatoms. The van der Waals surface area contributed by atoms with Crippen molar-refractivity contribution in [2.45, 2.75) is 52.4 Å². The van der Waals surface area contributed by atoms with E-state index >= 15 is 0 Å². The fourth-order valence-electron chi connectivity index (χ4n) is 7.65. The number of aliphatic hydroxyl groups excluding tert-OH is 1. The number of fused-ring (bicyclic) bond motifs is 2. The third kappa shape index (κ3) is 3.12. The number of nitrogens with zero attached hydrogens (tertiary/aromatic N) is 2. The Labute approximate surface area is 190 Å².